The van der Waals surface area contributed by atoms with Crippen LogP contribution in [0.2, 0.25) is 0 Å². The van der Waals surface area contributed by atoms with Gasteiger partial charge in [0.15, 0.2) is 12.3 Å². The van der Waals surface area contributed by atoms with Crippen molar-refractivity contribution in [3.63, 3.8) is 0 Å². The molecule has 0 amide bonds. The van der Waals surface area contributed by atoms with Gasteiger partial charge in [-0.25, -0.2) is 4.39 Å². The lowest BCUT2D eigenvalue weighted by atomic mass is 10.1. The molecule has 1 aromatic heterocycles. The minimum absolute atomic E-state index is 0.128. The molecule has 5 heteroatoms. The lowest BCUT2D eigenvalue weighted by molar-refractivity contribution is 0.628. The van der Waals surface area contributed by atoms with Gasteiger partial charge in [-0.3, -0.25) is 0 Å². The van der Waals surface area contributed by atoms with E-state index in [4.69, 9.17) is 0 Å². The lowest BCUT2D eigenvalue weighted by Crippen LogP contribution is -1.93. The van der Waals surface area contributed by atoms with Gasteiger partial charge in [-0.1, -0.05) is 13.8 Å². The van der Waals surface area contributed by atoms with E-state index in [1.54, 1.807) is 12.1 Å². The van der Waals surface area contributed by atoms with Crippen LogP contribution in [0.5, 0.6) is 0 Å². The van der Waals surface area contributed by atoms with E-state index in [0.29, 0.717) is 5.92 Å². The molecular formula is C15H18F2N2S. The number of hydrogen-bond acceptors (Lipinski definition) is 2. The Labute approximate surface area is 122 Å². The third-order valence-corrected chi connectivity index (χ3v) is 3.69. The van der Waals surface area contributed by atoms with Gasteiger partial charge in [0.2, 0.25) is 0 Å². The van der Waals surface area contributed by atoms with Crippen LogP contribution < -0.4 is 0 Å². The van der Waals surface area contributed by atoms with E-state index in [1.165, 1.54) is 16.2 Å². The van der Waals surface area contributed by atoms with Gasteiger partial charge >= 0.3 is 0 Å². The summed E-state index contributed by atoms with van der Waals surface area (Å²) in [6.07, 6.45) is 2.19. The van der Waals surface area contributed by atoms with Gasteiger partial charge in [0.25, 0.3) is 0 Å². The van der Waals surface area contributed by atoms with Crippen LogP contribution in [-0.4, -0.2) is 9.19 Å². The van der Waals surface area contributed by atoms with Crippen LogP contribution in [0, 0.1) is 12.7 Å². The average molecular weight is 296 g/mol. The van der Waals surface area contributed by atoms with Crippen LogP contribution >= 0.6 is 12.3 Å². The Bertz CT molecular complexity index is 574. The van der Waals surface area contributed by atoms with Crippen molar-refractivity contribution in [1.29, 1.82) is 0 Å². The maximum atomic E-state index is 12.9. The van der Waals surface area contributed by atoms with Crippen molar-refractivity contribution >= 4 is 12.3 Å². The zero-order valence-corrected chi connectivity index (χ0v) is 12.7. The number of halogens is 2. The van der Waals surface area contributed by atoms with Crippen molar-refractivity contribution in [3.8, 4) is 11.3 Å². The molecule has 0 atom stereocenters. The fraction of sp³-hybridized carbons (Fsp3) is 0.400. The Morgan fingerprint density at radius 2 is 1.80 bits per heavy atom. The number of rotatable bonds is 3. The molecule has 0 N–H and O–H groups in total. The highest BCUT2D eigenvalue weighted by Crippen LogP contribution is 2.44. The maximum Gasteiger partial charge on any atom is 0.187 e. The predicted molar refractivity (Wildman–Crippen MR) is 79.8 cm³/mol. The summed E-state index contributed by atoms with van der Waals surface area (Å²) in [7, 11) is 0. The van der Waals surface area contributed by atoms with Crippen LogP contribution in [0.3, 0.4) is 0 Å². The van der Waals surface area contributed by atoms with Crippen molar-refractivity contribution in [1.82, 2.24) is 9.19 Å². The third-order valence-electron chi connectivity index (χ3n) is 3.28. The molecule has 3 rings (SSSR count). The Morgan fingerprint density at radius 3 is 2.30 bits per heavy atom. The molecule has 1 saturated carbocycles. The molecule has 20 heavy (non-hydrogen) atoms. The fourth-order valence-electron chi connectivity index (χ4n) is 2.24. The van der Waals surface area contributed by atoms with E-state index in [1.807, 2.05) is 20.8 Å². The van der Waals surface area contributed by atoms with Crippen LogP contribution in [0.25, 0.3) is 11.3 Å². The number of benzene rings is 1. The molecule has 2 nitrogen and oxygen atoms in total. The second-order valence-corrected chi connectivity index (χ2v) is 5.07. The van der Waals surface area contributed by atoms with Crippen molar-refractivity contribution in [2.75, 3.05) is 0 Å². The first-order valence-corrected chi connectivity index (χ1v) is 7.52. The van der Waals surface area contributed by atoms with Gasteiger partial charge in [0.1, 0.15) is 5.82 Å². The van der Waals surface area contributed by atoms with Crippen molar-refractivity contribution in [3.05, 3.63) is 41.3 Å². The van der Waals surface area contributed by atoms with Crippen LogP contribution in [0.15, 0.2) is 24.3 Å². The molecule has 0 unspecified atom stereocenters. The summed E-state index contributed by atoms with van der Waals surface area (Å²) in [5, 5.41) is 4.27. The molecule has 0 aliphatic heterocycles. The highest BCUT2D eigenvalue weighted by molar-refractivity contribution is 7.92. The van der Waals surface area contributed by atoms with Gasteiger partial charge in [-0.2, -0.15) is 9.19 Å². The van der Waals surface area contributed by atoms with Crippen molar-refractivity contribution in [2.24, 2.45) is 0 Å². The third kappa shape index (κ3) is 2.87. The smallest absolute Gasteiger partial charge is 0.187 e. The standard InChI is InChI=1S/C13H12F2N2S.C2H6/c1-8-12(9-4-6-11(14)7-5-9)16-17(18-15)13(8)10-2-3-10;1-2/h4-7,10H,2-3H2,1H3;1-2H3. The molecule has 0 saturated heterocycles. The van der Waals surface area contributed by atoms with E-state index in [-0.39, 0.29) is 18.2 Å². The van der Waals surface area contributed by atoms with Gasteiger partial charge in [0, 0.05) is 11.5 Å². The largest absolute Gasteiger partial charge is 0.207 e. The number of nitrogens with zero attached hydrogens (tertiary/aromatic N) is 2. The first kappa shape index (κ1) is 15.0. The molecule has 1 aliphatic rings. The van der Waals surface area contributed by atoms with Gasteiger partial charge in [-0.15, -0.1) is 3.89 Å². The van der Waals surface area contributed by atoms with E-state index < -0.39 is 0 Å². The maximum absolute atomic E-state index is 12.9. The molecular weight excluding hydrogens is 278 g/mol. The Hall–Kier alpha value is -1.36. The summed E-state index contributed by atoms with van der Waals surface area (Å²) in [6, 6.07) is 6.14. The SMILES string of the molecule is CC.Cc1c(-c2ccc(F)cc2)nn(SF)c1C1CC1. The van der Waals surface area contributed by atoms with Gasteiger partial charge in [0.05, 0.1) is 11.4 Å². The molecule has 1 fully saturated rings. The summed E-state index contributed by atoms with van der Waals surface area (Å²) in [5.41, 5.74) is 3.52. The highest BCUT2D eigenvalue weighted by atomic mass is 32.2. The van der Waals surface area contributed by atoms with Gasteiger partial charge in [-0.05, 0) is 49.6 Å². The summed E-state index contributed by atoms with van der Waals surface area (Å²) < 4.78 is 27.2. The number of hydrogen-bond donors (Lipinski definition) is 0. The molecule has 0 spiro atoms. The Morgan fingerprint density at radius 1 is 1.20 bits per heavy atom. The summed E-state index contributed by atoms with van der Waals surface area (Å²) in [4.78, 5) is 0. The van der Waals surface area contributed by atoms with Crippen molar-refractivity contribution < 1.29 is 8.28 Å². The summed E-state index contributed by atoms with van der Waals surface area (Å²) >= 11 is 0.128. The highest BCUT2D eigenvalue weighted by Gasteiger charge is 2.31. The first-order valence-electron chi connectivity index (χ1n) is 6.85. The van der Waals surface area contributed by atoms with Crippen LogP contribution in [0.1, 0.15) is 43.9 Å². The van der Waals surface area contributed by atoms with E-state index in [9.17, 15) is 8.28 Å². The second kappa shape index (κ2) is 6.39. The summed E-state index contributed by atoms with van der Waals surface area (Å²) in [5.74, 6) is 0.146. The van der Waals surface area contributed by atoms with Gasteiger partial charge < -0.3 is 0 Å². The molecule has 0 radical (unpaired) electrons. The average Bonchev–Trinajstić information content (AvgIpc) is 3.26. The van der Waals surface area contributed by atoms with E-state index in [0.717, 1.165) is 35.4 Å². The minimum Gasteiger partial charge on any atom is -0.207 e. The number of aromatic nitrogens is 2. The zero-order valence-electron chi connectivity index (χ0n) is 11.9. The molecule has 1 aliphatic carbocycles. The first-order chi connectivity index (χ1) is 9.70. The molecule has 108 valence electrons. The zero-order chi connectivity index (χ0) is 14.7. The Kier molecular flexibility index (Phi) is 4.81. The van der Waals surface area contributed by atoms with E-state index in [2.05, 4.69) is 5.10 Å². The monoisotopic (exact) mass is 296 g/mol. The fourth-order valence-corrected chi connectivity index (χ4v) is 2.71. The predicted octanol–water partition coefficient (Wildman–Crippen LogP) is 5.28. The van der Waals surface area contributed by atoms with E-state index >= 15 is 0 Å². The molecule has 1 aromatic carbocycles. The second-order valence-electron chi connectivity index (χ2n) is 4.58. The van der Waals surface area contributed by atoms with Crippen molar-refractivity contribution in [2.45, 2.75) is 39.5 Å². The van der Waals surface area contributed by atoms with Crippen LogP contribution in [-0.2, 0) is 0 Å². The minimum atomic E-state index is -0.280. The molecule has 1 heterocycles. The topological polar surface area (TPSA) is 17.8 Å². The van der Waals surface area contributed by atoms with Crippen LogP contribution in [0.4, 0.5) is 8.28 Å². The lowest BCUT2D eigenvalue weighted by Gasteiger charge is -2.00. The quantitative estimate of drug-likeness (QED) is 0.766. The Balaban J connectivity index is 0.000000704. The normalized spacial score (nSPS) is 13.8. The molecule has 2 aromatic rings. The molecule has 0 bridgehead atoms. The summed E-state index contributed by atoms with van der Waals surface area (Å²) in [6.45, 7) is 5.95.